The van der Waals surface area contributed by atoms with E-state index < -0.39 is 11.6 Å². The molecule has 3 rings (SSSR count). The van der Waals surface area contributed by atoms with Crippen LogP contribution in [0.15, 0.2) is 77.9 Å². The monoisotopic (exact) mass is 306 g/mol. The van der Waals surface area contributed by atoms with E-state index in [9.17, 15) is 9.59 Å². The predicted octanol–water partition coefficient (Wildman–Crippen LogP) is 2.88. The Kier molecular flexibility index (Phi) is 4.15. The zero-order valence-corrected chi connectivity index (χ0v) is 12.1. The molecule has 1 heterocycles. The Bertz CT molecular complexity index is 861. The lowest BCUT2D eigenvalue weighted by atomic mass is 10.3. The number of nitrogens with zero attached hydrogens (tertiary/aromatic N) is 2. The van der Waals surface area contributed by atoms with E-state index in [-0.39, 0.29) is 5.82 Å². The van der Waals surface area contributed by atoms with Crippen molar-refractivity contribution in [3.8, 4) is 5.69 Å². The molecule has 0 fully saturated rings. The number of rotatable bonds is 3. The zero-order chi connectivity index (χ0) is 16.1. The molecule has 0 radical (unpaired) electrons. The van der Waals surface area contributed by atoms with Crippen molar-refractivity contribution in [1.82, 2.24) is 9.55 Å². The van der Waals surface area contributed by atoms with E-state index in [2.05, 4.69) is 15.6 Å². The van der Waals surface area contributed by atoms with Crippen LogP contribution in [0.1, 0.15) is 0 Å². The van der Waals surface area contributed by atoms with Gasteiger partial charge in [0.1, 0.15) is 0 Å². The standard InChI is InChI=1S/C17H14N4O2/c22-16-15(20-17(23)19-13-7-3-1-4-8-13)18-11-12-21(16)14-9-5-2-6-10-14/h1-12H,(H2,18,19,20,23). The number of amides is 2. The van der Waals surface area contributed by atoms with Crippen LogP contribution in [0.4, 0.5) is 16.3 Å². The fourth-order valence-electron chi connectivity index (χ4n) is 2.08. The predicted molar refractivity (Wildman–Crippen MR) is 88.9 cm³/mol. The molecule has 1 aromatic heterocycles. The fraction of sp³-hybridized carbons (Fsp3) is 0. The lowest BCUT2D eigenvalue weighted by Crippen LogP contribution is -2.28. The minimum atomic E-state index is -0.522. The second kappa shape index (κ2) is 6.57. The quantitative estimate of drug-likeness (QED) is 0.781. The summed E-state index contributed by atoms with van der Waals surface area (Å²) in [5.41, 5.74) is 0.928. The van der Waals surface area contributed by atoms with Crippen molar-refractivity contribution in [2.24, 2.45) is 0 Å². The van der Waals surface area contributed by atoms with Gasteiger partial charge >= 0.3 is 6.03 Å². The third-order valence-corrected chi connectivity index (χ3v) is 3.14. The Morgan fingerprint density at radius 3 is 2.26 bits per heavy atom. The average molecular weight is 306 g/mol. The van der Waals surface area contributed by atoms with E-state index in [1.54, 1.807) is 42.6 Å². The first-order valence-corrected chi connectivity index (χ1v) is 7.00. The summed E-state index contributed by atoms with van der Waals surface area (Å²) < 4.78 is 1.42. The van der Waals surface area contributed by atoms with Gasteiger partial charge in [-0.3, -0.25) is 14.7 Å². The molecule has 23 heavy (non-hydrogen) atoms. The van der Waals surface area contributed by atoms with Gasteiger partial charge in [-0.05, 0) is 24.3 Å². The number of hydrogen-bond acceptors (Lipinski definition) is 3. The van der Waals surface area contributed by atoms with Crippen molar-refractivity contribution in [3.05, 3.63) is 83.4 Å². The van der Waals surface area contributed by atoms with Crippen LogP contribution < -0.4 is 16.2 Å². The number of benzene rings is 2. The minimum Gasteiger partial charge on any atom is -0.308 e. The average Bonchev–Trinajstić information content (AvgIpc) is 2.58. The Morgan fingerprint density at radius 2 is 1.57 bits per heavy atom. The highest BCUT2D eigenvalue weighted by atomic mass is 16.2. The zero-order valence-electron chi connectivity index (χ0n) is 12.1. The number of carbonyl (C=O) groups excluding carboxylic acids is 1. The van der Waals surface area contributed by atoms with E-state index in [1.807, 2.05) is 24.3 Å². The highest BCUT2D eigenvalue weighted by molar-refractivity contribution is 5.98. The number of anilines is 2. The van der Waals surface area contributed by atoms with Gasteiger partial charge in [0.2, 0.25) is 5.82 Å². The summed E-state index contributed by atoms with van der Waals surface area (Å²) in [6, 6.07) is 17.6. The Balaban J connectivity index is 1.81. The smallest absolute Gasteiger partial charge is 0.308 e. The molecule has 0 unspecified atom stereocenters. The Labute approximate surface area is 132 Å². The Hall–Kier alpha value is -3.41. The summed E-state index contributed by atoms with van der Waals surface area (Å²) in [4.78, 5) is 28.3. The molecule has 3 aromatic rings. The first-order chi connectivity index (χ1) is 11.2. The van der Waals surface area contributed by atoms with Gasteiger partial charge in [-0.25, -0.2) is 9.78 Å². The topological polar surface area (TPSA) is 76.0 Å². The number of para-hydroxylation sites is 2. The number of hydrogen-bond donors (Lipinski definition) is 2. The van der Waals surface area contributed by atoms with Gasteiger partial charge in [-0.1, -0.05) is 36.4 Å². The molecular weight excluding hydrogens is 292 g/mol. The molecule has 0 saturated heterocycles. The van der Waals surface area contributed by atoms with E-state index >= 15 is 0 Å². The van der Waals surface area contributed by atoms with E-state index in [1.165, 1.54) is 10.8 Å². The second-order valence-corrected chi connectivity index (χ2v) is 4.73. The van der Waals surface area contributed by atoms with Crippen molar-refractivity contribution < 1.29 is 4.79 Å². The molecule has 0 aliphatic carbocycles. The van der Waals surface area contributed by atoms with Crippen LogP contribution in [-0.2, 0) is 0 Å². The number of aromatic nitrogens is 2. The molecule has 6 nitrogen and oxygen atoms in total. The lowest BCUT2D eigenvalue weighted by Gasteiger charge is -2.09. The molecular formula is C17H14N4O2. The molecule has 2 amide bonds. The normalized spacial score (nSPS) is 10.1. The third kappa shape index (κ3) is 3.44. The van der Waals surface area contributed by atoms with Crippen molar-refractivity contribution in [2.45, 2.75) is 0 Å². The molecule has 0 saturated carbocycles. The molecule has 0 aliphatic rings. The Morgan fingerprint density at radius 1 is 0.913 bits per heavy atom. The molecule has 0 spiro atoms. The fourth-order valence-corrected chi connectivity index (χ4v) is 2.08. The lowest BCUT2D eigenvalue weighted by molar-refractivity contribution is 0.262. The van der Waals surface area contributed by atoms with Crippen LogP contribution in [0.3, 0.4) is 0 Å². The van der Waals surface area contributed by atoms with E-state index in [4.69, 9.17) is 0 Å². The SMILES string of the molecule is O=C(Nc1ccccc1)Nc1nccn(-c2ccccc2)c1=O. The first-order valence-electron chi connectivity index (χ1n) is 7.00. The summed E-state index contributed by atoms with van der Waals surface area (Å²) in [5, 5.41) is 5.11. The molecule has 2 aromatic carbocycles. The number of carbonyl (C=O) groups is 1. The highest BCUT2D eigenvalue weighted by Gasteiger charge is 2.10. The van der Waals surface area contributed by atoms with E-state index in [0.717, 1.165) is 0 Å². The van der Waals surface area contributed by atoms with E-state index in [0.29, 0.717) is 11.4 Å². The van der Waals surface area contributed by atoms with Gasteiger partial charge in [-0.15, -0.1) is 0 Å². The molecule has 0 aliphatic heterocycles. The van der Waals surface area contributed by atoms with Gasteiger partial charge in [0.25, 0.3) is 5.56 Å². The van der Waals surface area contributed by atoms with Crippen molar-refractivity contribution >= 4 is 17.5 Å². The second-order valence-electron chi connectivity index (χ2n) is 4.73. The van der Waals surface area contributed by atoms with Crippen molar-refractivity contribution in [1.29, 1.82) is 0 Å². The van der Waals surface area contributed by atoms with Crippen LogP contribution >= 0.6 is 0 Å². The maximum Gasteiger partial charge on any atom is 0.325 e. The van der Waals surface area contributed by atoms with Crippen LogP contribution in [0.5, 0.6) is 0 Å². The molecule has 6 heteroatoms. The van der Waals surface area contributed by atoms with Crippen LogP contribution in [0.2, 0.25) is 0 Å². The number of urea groups is 1. The van der Waals surface area contributed by atoms with Crippen LogP contribution in [0, 0.1) is 0 Å². The summed E-state index contributed by atoms with van der Waals surface area (Å²) in [7, 11) is 0. The summed E-state index contributed by atoms with van der Waals surface area (Å²) >= 11 is 0. The number of nitrogens with one attached hydrogen (secondary N) is 2. The molecule has 0 atom stereocenters. The van der Waals surface area contributed by atoms with Gasteiger partial charge < -0.3 is 5.32 Å². The first kappa shape index (κ1) is 14.5. The summed E-state index contributed by atoms with van der Waals surface area (Å²) in [5.74, 6) is -0.0372. The van der Waals surface area contributed by atoms with Crippen molar-refractivity contribution in [2.75, 3.05) is 10.6 Å². The van der Waals surface area contributed by atoms with Crippen LogP contribution in [-0.4, -0.2) is 15.6 Å². The van der Waals surface area contributed by atoms with Gasteiger partial charge in [-0.2, -0.15) is 0 Å². The largest absolute Gasteiger partial charge is 0.325 e. The van der Waals surface area contributed by atoms with Gasteiger partial charge in [0, 0.05) is 23.8 Å². The molecule has 114 valence electrons. The van der Waals surface area contributed by atoms with Gasteiger partial charge in [0.15, 0.2) is 0 Å². The third-order valence-electron chi connectivity index (χ3n) is 3.14. The van der Waals surface area contributed by atoms with Crippen molar-refractivity contribution in [3.63, 3.8) is 0 Å². The highest BCUT2D eigenvalue weighted by Crippen LogP contribution is 2.07. The summed E-state index contributed by atoms with van der Waals surface area (Å²) in [6.45, 7) is 0. The molecule has 0 bridgehead atoms. The maximum absolute atomic E-state index is 12.4. The van der Waals surface area contributed by atoms with Gasteiger partial charge in [0.05, 0.1) is 0 Å². The summed E-state index contributed by atoms with van der Waals surface area (Å²) in [6.07, 6.45) is 3.02. The molecule has 2 N–H and O–H groups in total. The maximum atomic E-state index is 12.4. The minimum absolute atomic E-state index is 0.0372. The van der Waals surface area contributed by atoms with Crippen LogP contribution in [0.25, 0.3) is 5.69 Å².